The number of rotatable bonds is 3. The van der Waals surface area contributed by atoms with Gasteiger partial charge in [-0.3, -0.25) is 0 Å². The minimum Gasteiger partial charge on any atom is -0.370 e. The Morgan fingerprint density at radius 2 is 2.19 bits per heavy atom. The van der Waals surface area contributed by atoms with E-state index in [-0.39, 0.29) is 6.04 Å². The molecular formula is C12H13ClN2S. The average molecular weight is 253 g/mol. The predicted molar refractivity (Wildman–Crippen MR) is 69.9 cm³/mol. The molecule has 2 rings (SSSR count). The van der Waals surface area contributed by atoms with Gasteiger partial charge in [-0.15, -0.1) is 0 Å². The number of benzene rings is 1. The van der Waals surface area contributed by atoms with Crippen LogP contribution in [0.3, 0.4) is 0 Å². The molecule has 1 aliphatic rings. The number of halogens is 1. The summed E-state index contributed by atoms with van der Waals surface area (Å²) in [5.41, 5.74) is 0.966. The van der Waals surface area contributed by atoms with Crippen LogP contribution in [0.2, 0.25) is 5.02 Å². The molecule has 0 spiro atoms. The van der Waals surface area contributed by atoms with E-state index in [2.05, 4.69) is 11.4 Å². The van der Waals surface area contributed by atoms with Crippen LogP contribution in [0, 0.1) is 17.2 Å². The molecule has 0 amide bonds. The van der Waals surface area contributed by atoms with Gasteiger partial charge in [-0.05, 0) is 42.2 Å². The lowest BCUT2D eigenvalue weighted by Gasteiger charge is -2.18. The molecule has 0 bridgehead atoms. The SMILES string of the molecule is N#CC(Nc1ccc(Cl)cc1)C1CCSC1. The van der Waals surface area contributed by atoms with E-state index in [1.807, 2.05) is 36.0 Å². The fraction of sp³-hybridized carbons (Fsp3) is 0.417. The minimum atomic E-state index is -0.0869. The van der Waals surface area contributed by atoms with Crippen molar-refractivity contribution in [3.05, 3.63) is 29.3 Å². The maximum absolute atomic E-state index is 9.15. The molecule has 0 radical (unpaired) electrons. The Kier molecular flexibility index (Phi) is 3.98. The van der Waals surface area contributed by atoms with Gasteiger partial charge in [-0.1, -0.05) is 11.6 Å². The molecule has 1 aromatic rings. The Balaban J connectivity index is 2.01. The molecule has 1 N–H and O–H groups in total. The first-order chi connectivity index (χ1) is 7.79. The molecule has 1 aliphatic heterocycles. The molecule has 1 saturated heterocycles. The van der Waals surface area contributed by atoms with E-state index < -0.39 is 0 Å². The van der Waals surface area contributed by atoms with Crippen LogP contribution < -0.4 is 5.32 Å². The summed E-state index contributed by atoms with van der Waals surface area (Å²) in [4.78, 5) is 0. The van der Waals surface area contributed by atoms with Crippen LogP contribution in [-0.2, 0) is 0 Å². The molecule has 0 aromatic heterocycles. The van der Waals surface area contributed by atoms with Gasteiger partial charge in [0.1, 0.15) is 6.04 Å². The summed E-state index contributed by atoms with van der Waals surface area (Å²) in [5.74, 6) is 2.72. The lowest BCUT2D eigenvalue weighted by Crippen LogP contribution is -2.27. The van der Waals surface area contributed by atoms with Gasteiger partial charge in [0.2, 0.25) is 0 Å². The monoisotopic (exact) mass is 252 g/mol. The van der Waals surface area contributed by atoms with Crippen molar-refractivity contribution in [2.45, 2.75) is 12.5 Å². The van der Waals surface area contributed by atoms with Gasteiger partial charge in [-0.2, -0.15) is 17.0 Å². The number of nitrogens with zero attached hydrogens (tertiary/aromatic N) is 1. The molecule has 0 aliphatic carbocycles. The zero-order valence-electron chi connectivity index (χ0n) is 8.82. The van der Waals surface area contributed by atoms with Gasteiger partial charge < -0.3 is 5.32 Å². The molecule has 1 fully saturated rings. The van der Waals surface area contributed by atoms with Crippen molar-refractivity contribution in [3.63, 3.8) is 0 Å². The fourth-order valence-corrected chi connectivity index (χ4v) is 3.22. The Bertz CT molecular complexity index is 379. The second-order valence-electron chi connectivity index (χ2n) is 3.88. The molecule has 16 heavy (non-hydrogen) atoms. The van der Waals surface area contributed by atoms with E-state index in [0.717, 1.165) is 22.9 Å². The molecule has 0 saturated carbocycles. The van der Waals surface area contributed by atoms with Gasteiger partial charge >= 0.3 is 0 Å². The fourth-order valence-electron chi connectivity index (χ4n) is 1.80. The Hall–Kier alpha value is -0.850. The molecular weight excluding hydrogens is 240 g/mol. The highest BCUT2D eigenvalue weighted by atomic mass is 35.5. The Labute approximate surface area is 105 Å². The van der Waals surface area contributed by atoms with Crippen LogP contribution in [0.1, 0.15) is 6.42 Å². The number of nitriles is 1. The smallest absolute Gasteiger partial charge is 0.118 e. The molecule has 1 aromatic carbocycles. The van der Waals surface area contributed by atoms with E-state index >= 15 is 0 Å². The first kappa shape index (κ1) is 11.6. The van der Waals surface area contributed by atoms with Crippen LogP contribution in [-0.4, -0.2) is 17.5 Å². The summed E-state index contributed by atoms with van der Waals surface area (Å²) in [6, 6.07) is 9.76. The maximum Gasteiger partial charge on any atom is 0.118 e. The summed E-state index contributed by atoms with van der Waals surface area (Å²) in [7, 11) is 0. The van der Waals surface area contributed by atoms with Crippen LogP contribution in [0.15, 0.2) is 24.3 Å². The zero-order chi connectivity index (χ0) is 11.4. The maximum atomic E-state index is 9.15. The van der Waals surface area contributed by atoms with Crippen LogP contribution in [0.25, 0.3) is 0 Å². The van der Waals surface area contributed by atoms with Crippen molar-refractivity contribution in [2.75, 3.05) is 16.8 Å². The second kappa shape index (κ2) is 5.47. The largest absolute Gasteiger partial charge is 0.370 e. The average Bonchev–Trinajstić information content (AvgIpc) is 2.82. The third kappa shape index (κ3) is 2.84. The minimum absolute atomic E-state index is 0.0869. The predicted octanol–water partition coefficient (Wildman–Crippen LogP) is 3.40. The third-order valence-corrected chi connectivity index (χ3v) is 4.18. The quantitative estimate of drug-likeness (QED) is 0.896. The highest BCUT2D eigenvalue weighted by molar-refractivity contribution is 7.99. The topological polar surface area (TPSA) is 35.8 Å². The summed E-state index contributed by atoms with van der Waals surface area (Å²) >= 11 is 7.74. The van der Waals surface area contributed by atoms with Crippen molar-refractivity contribution in [3.8, 4) is 6.07 Å². The van der Waals surface area contributed by atoms with E-state index in [0.29, 0.717) is 5.92 Å². The Morgan fingerprint density at radius 1 is 1.44 bits per heavy atom. The molecule has 4 heteroatoms. The van der Waals surface area contributed by atoms with Gasteiger partial charge in [-0.25, -0.2) is 0 Å². The van der Waals surface area contributed by atoms with Gasteiger partial charge in [0.15, 0.2) is 0 Å². The lowest BCUT2D eigenvalue weighted by molar-refractivity contribution is 0.565. The molecule has 2 nitrogen and oxygen atoms in total. The third-order valence-electron chi connectivity index (χ3n) is 2.74. The number of thioether (sulfide) groups is 1. The van der Waals surface area contributed by atoms with E-state index in [1.165, 1.54) is 5.75 Å². The number of hydrogen-bond acceptors (Lipinski definition) is 3. The zero-order valence-corrected chi connectivity index (χ0v) is 10.4. The normalized spacial score (nSPS) is 21.4. The number of anilines is 1. The van der Waals surface area contributed by atoms with Crippen LogP contribution >= 0.6 is 23.4 Å². The van der Waals surface area contributed by atoms with Crippen LogP contribution in [0.4, 0.5) is 5.69 Å². The van der Waals surface area contributed by atoms with Gasteiger partial charge in [0, 0.05) is 16.6 Å². The summed E-state index contributed by atoms with van der Waals surface area (Å²) in [5, 5.41) is 13.1. The first-order valence-electron chi connectivity index (χ1n) is 5.29. The number of hydrogen-bond donors (Lipinski definition) is 1. The number of nitrogens with one attached hydrogen (secondary N) is 1. The summed E-state index contributed by atoms with van der Waals surface area (Å²) in [6.07, 6.45) is 1.13. The Morgan fingerprint density at radius 3 is 2.75 bits per heavy atom. The van der Waals surface area contributed by atoms with Crippen molar-refractivity contribution >= 4 is 29.1 Å². The van der Waals surface area contributed by atoms with Crippen molar-refractivity contribution in [2.24, 2.45) is 5.92 Å². The second-order valence-corrected chi connectivity index (χ2v) is 5.47. The van der Waals surface area contributed by atoms with E-state index in [9.17, 15) is 0 Å². The van der Waals surface area contributed by atoms with Crippen molar-refractivity contribution in [1.29, 1.82) is 5.26 Å². The summed E-state index contributed by atoms with van der Waals surface area (Å²) < 4.78 is 0. The molecule has 2 atom stereocenters. The molecule has 2 unspecified atom stereocenters. The summed E-state index contributed by atoms with van der Waals surface area (Å²) in [6.45, 7) is 0. The lowest BCUT2D eigenvalue weighted by atomic mass is 10.0. The standard InChI is InChI=1S/C12H13ClN2S/c13-10-1-3-11(4-2-10)15-12(7-14)9-5-6-16-8-9/h1-4,9,12,15H,5-6,8H2. The molecule has 84 valence electrons. The highest BCUT2D eigenvalue weighted by Crippen LogP contribution is 2.28. The van der Waals surface area contributed by atoms with Gasteiger partial charge in [0.25, 0.3) is 0 Å². The van der Waals surface area contributed by atoms with E-state index in [1.54, 1.807) is 0 Å². The van der Waals surface area contributed by atoms with Gasteiger partial charge in [0.05, 0.1) is 6.07 Å². The van der Waals surface area contributed by atoms with Crippen molar-refractivity contribution < 1.29 is 0 Å². The van der Waals surface area contributed by atoms with Crippen LogP contribution in [0.5, 0.6) is 0 Å². The highest BCUT2D eigenvalue weighted by Gasteiger charge is 2.25. The first-order valence-corrected chi connectivity index (χ1v) is 6.82. The molecule has 1 heterocycles. The van der Waals surface area contributed by atoms with E-state index in [4.69, 9.17) is 16.9 Å². The van der Waals surface area contributed by atoms with Crippen molar-refractivity contribution in [1.82, 2.24) is 0 Å².